The van der Waals surface area contributed by atoms with Crippen molar-refractivity contribution in [2.75, 3.05) is 11.1 Å². The molecule has 0 saturated heterocycles. The highest BCUT2D eigenvalue weighted by atomic mass is 32.2. The van der Waals surface area contributed by atoms with Crippen LogP contribution in [0.2, 0.25) is 0 Å². The Balaban J connectivity index is 2.01. The molecule has 2 N–H and O–H groups in total. The first-order chi connectivity index (χ1) is 12.3. The van der Waals surface area contributed by atoms with E-state index in [1.165, 1.54) is 11.8 Å². The maximum atomic E-state index is 14.0. The van der Waals surface area contributed by atoms with Gasteiger partial charge in [0, 0.05) is 18.1 Å². The number of amides is 1. The number of nitrogens with zero attached hydrogens (tertiary/aromatic N) is 1. The second-order valence-corrected chi connectivity index (χ2v) is 9.61. The number of nitrogens with one attached hydrogen (secondary N) is 2. The Morgan fingerprint density at radius 2 is 2.00 bits per heavy atom. The van der Waals surface area contributed by atoms with E-state index in [1.54, 1.807) is 24.3 Å². The van der Waals surface area contributed by atoms with E-state index in [-0.39, 0.29) is 17.9 Å². The van der Waals surface area contributed by atoms with E-state index < -0.39 is 11.1 Å². The van der Waals surface area contributed by atoms with Crippen molar-refractivity contribution >= 4 is 42.0 Å². The predicted molar refractivity (Wildman–Crippen MR) is 110 cm³/mol. The van der Waals surface area contributed by atoms with E-state index in [0.717, 1.165) is 17.7 Å². The molecule has 3 rings (SSSR count). The SMILES string of the molecule is CCCSc1nc2c(c(=O)[nH]1)C(c1ccc(C(F)(P)P)cc1)CC(=O)N2. The molecule has 26 heavy (non-hydrogen) atoms. The summed E-state index contributed by atoms with van der Waals surface area (Å²) in [6, 6.07) is 6.83. The van der Waals surface area contributed by atoms with Crippen molar-refractivity contribution < 1.29 is 9.18 Å². The van der Waals surface area contributed by atoms with Crippen LogP contribution in [0.4, 0.5) is 10.2 Å². The molecule has 1 amide bonds. The van der Waals surface area contributed by atoms with Crippen LogP contribution in [-0.4, -0.2) is 21.6 Å². The second-order valence-electron chi connectivity index (χ2n) is 6.18. The molecular formula is C17H20FN3O2P2S. The van der Waals surface area contributed by atoms with Crippen LogP contribution in [0.1, 0.15) is 42.4 Å². The highest BCUT2D eigenvalue weighted by molar-refractivity contribution is 7.99. The molecule has 1 aromatic carbocycles. The monoisotopic (exact) mass is 411 g/mol. The summed E-state index contributed by atoms with van der Waals surface area (Å²) in [4.78, 5) is 32.0. The molecule has 0 spiro atoms. The van der Waals surface area contributed by atoms with E-state index in [4.69, 9.17) is 0 Å². The summed E-state index contributed by atoms with van der Waals surface area (Å²) in [6.07, 6.45) is 1.11. The number of thioether (sulfide) groups is 1. The topological polar surface area (TPSA) is 74.8 Å². The lowest BCUT2D eigenvalue weighted by Gasteiger charge is -2.25. The predicted octanol–water partition coefficient (Wildman–Crippen LogP) is 3.58. The summed E-state index contributed by atoms with van der Waals surface area (Å²) in [5.74, 6) is 0.551. The van der Waals surface area contributed by atoms with Crippen molar-refractivity contribution in [2.24, 2.45) is 0 Å². The van der Waals surface area contributed by atoms with Gasteiger partial charge in [-0.15, -0.1) is 0 Å². The van der Waals surface area contributed by atoms with Crippen molar-refractivity contribution in [3.8, 4) is 0 Å². The Bertz CT molecular complexity index is 881. The lowest BCUT2D eigenvalue weighted by Crippen LogP contribution is -2.31. The number of aromatic amines is 1. The molecule has 3 atom stereocenters. The van der Waals surface area contributed by atoms with Crippen molar-refractivity contribution in [3.05, 3.63) is 51.3 Å². The van der Waals surface area contributed by atoms with Crippen molar-refractivity contribution in [1.29, 1.82) is 0 Å². The minimum absolute atomic E-state index is 0.154. The lowest BCUT2D eigenvalue weighted by atomic mass is 9.86. The van der Waals surface area contributed by atoms with Crippen LogP contribution in [-0.2, 0) is 9.95 Å². The number of benzene rings is 1. The number of alkyl halides is 1. The third-order valence-electron chi connectivity index (χ3n) is 4.13. The van der Waals surface area contributed by atoms with Crippen LogP contribution in [0, 0.1) is 0 Å². The number of rotatable bonds is 5. The molecule has 1 aliphatic heterocycles. The van der Waals surface area contributed by atoms with Gasteiger partial charge in [0.15, 0.2) is 10.3 Å². The number of fused-ring (bicyclic) bond motifs is 1. The molecule has 2 heterocycles. The molecule has 0 aliphatic carbocycles. The number of hydrogen-bond acceptors (Lipinski definition) is 4. The first-order valence-electron chi connectivity index (χ1n) is 8.23. The highest BCUT2D eigenvalue weighted by Crippen LogP contribution is 2.41. The summed E-state index contributed by atoms with van der Waals surface area (Å²) in [5.41, 5.74) is 1.46. The van der Waals surface area contributed by atoms with Crippen LogP contribution in [0.15, 0.2) is 34.2 Å². The van der Waals surface area contributed by atoms with Crippen molar-refractivity contribution in [2.45, 2.75) is 36.0 Å². The van der Waals surface area contributed by atoms with Gasteiger partial charge in [0.2, 0.25) is 5.91 Å². The average molecular weight is 411 g/mol. The fraction of sp³-hybridized carbons (Fsp3) is 0.353. The lowest BCUT2D eigenvalue weighted by molar-refractivity contribution is -0.116. The fourth-order valence-corrected chi connectivity index (χ4v) is 3.98. The van der Waals surface area contributed by atoms with Gasteiger partial charge in [-0.2, -0.15) is 0 Å². The van der Waals surface area contributed by atoms with Crippen LogP contribution >= 0.6 is 30.2 Å². The minimum atomic E-state index is -1.61. The van der Waals surface area contributed by atoms with Crippen LogP contribution in [0.3, 0.4) is 0 Å². The number of aromatic nitrogens is 2. The Hall–Kier alpha value is -1.29. The molecule has 5 nitrogen and oxygen atoms in total. The zero-order valence-electron chi connectivity index (χ0n) is 14.2. The smallest absolute Gasteiger partial charge is 0.257 e. The van der Waals surface area contributed by atoms with Gasteiger partial charge in [-0.1, -0.05) is 61.4 Å². The number of hydrogen-bond donors (Lipinski definition) is 2. The number of carbonyl (C=O) groups is 1. The molecule has 0 bridgehead atoms. The standard InChI is InChI=1S/C17H20FN3O2P2S/c1-2-7-26-16-20-14-13(15(23)21-16)11(8-12(22)19-14)9-3-5-10(6-4-9)17(18,24)25/h3-6,11H,2,7-8,24-25H2,1H3,(H2,19,20,21,22,23). The molecule has 3 unspecified atom stereocenters. The highest BCUT2D eigenvalue weighted by Gasteiger charge is 2.31. The number of carbonyl (C=O) groups excluding carboxylic acids is 1. The first kappa shape index (κ1) is 19.5. The summed E-state index contributed by atoms with van der Waals surface area (Å²) in [7, 11) is 4.24. The van der Waals surface area contributed by atoms with E-state index in [2.05, 4.69) is 33.8 Å². The van der Waals surface area contributed by atoms with Gasteiger partial charge in [0.05, 0.1) is 5.56 Å². The van der Waals surface area contributed by atoms with E-state index >= 15 is 0 Å². The molecule has 0 saturated carbocycles. The van der Waals surface area contributed by atoms with E-state index in [1.807, 2.05) is 6.92 Å². The van der Waals surface area contributed by atoms with E-state index in [9.17, 15) is 14.0 Å². The summed E-state index contributed by atoms with van der Waals surface area (Å²) < 4.78 is 14.0. The Morgan fingerprint density at radius 3 is 2.62 bits per heavy atom. The van der Waals surface area contributed by atoms with Gasteiger partial charge in [-0.3, -0.25) is 9.59 Å². The van der Waals surface area contributed by atoms with Gasteiger partial charge in [0.25, 0.3) is 5.56 Å². The summed E-state index contributed by atoms with van der Waals surface area (Å²) in [6.45, 7) is 2.04. The number of halogens is 1. The van der Waals surface area contributed by atoms with Gasteiger partial charge < -0.3 is 10.3 Å². The van der Waals surface area contributed by atoms with Crippen LogP contribution < -0.4 is 10.9 Å². The fourth-order valence-electron chi connectivity index (χ4n) is 2.87. The van der Waals surface area contributed by atoms with E-state index in [0.29, 0.717) is 22.1 Å². The Kier molecular flexibility index (Phi) is 5.81. The molecular weight excluding hydrogens is 391 g/mol. The number of H-pyrrole nitrogens is 1. The molecule has 1 aliphatic rings. The second kappa shape index (κ2) is 7.75. The van der Waals surface area contributed by atoms with Gasteiger partial charge in [-0.05, 0) is 17.5 Å². The zero-order valence-corrected chi connectivity index (χ0v) is 17.3. The van der Waals surface area contributed by atoms with Crippen LogP contribution in [0.5, 0.6) is 0 Å². The summed E-state index contributed by atoms with van der Waals surface area (Å²) >= 11 is 1.45. The largest absolute Gasteiger partial charge is 0.310 e. The third kappa shape index (κ3) is 4.16. The minimum Gasteiger partial charge on any atom is -0.310 e. The Labute approximate surface area is 159 Å². The maximum absolute atomic E-state index is 14.0. The first-order valence-corrected chi connectivity index (χ1v) is 10.4. The third-order valence-corrected chi connectivity index (χ3v) is 5.87. The molecule has 2 aromatic rings. The molecule has 9 heteroatoms. The molecule has 1 aromatic heterocycles. The Morgan fingerprint density at radius 1 is 1.31 bits per heavy atom. The summed E-state index contributed by atoms with van der Waals surface area (Å²) in [5, 5.41) is 1.60. The average Bonchev–Trinajstić information content (AvgIpc) is 2.58. The van der Waals surface area contributed by atoms with Crippen molar-refractivity contribution in [1.82, 2.24) is 9.97 Å². The normalized spacial score (nSPS) is 16.9. The van der Waals surface area contributed by atoms with Gasteiger partial charge in [0.1, 0.15) is 5.82 Å². The molecule has 0 radical (unpaired) electrons. The quantitative estimate of drug-likeness (QED) is 0.448. The van der Waals surface area contributed by atoms with Crippen molar-refractivity contribution in [3.63, 3.8) is 0 Å². The van der Waals surface area contributed by atoms with Gasteiger partial charge >= 0.3 is 0 Å². The molecule has 138 valence electrons. The van der Waals surface area contributed by atoms with Crippen LogP contribution in [0.25, 0.3) is 0 Å². The zero-order chi connectivity index (χ0) is 18.9. The maximum Gasteiger partial charge on any atom is 0.257 e. The van der Waals surface area contributed by atoms with Gasteiger partial charge in [-0.25, -0.2) is 9.37 Å². The molecule has 0 fully saturated rings. The number of anilines is 1.